The van der Waals surface area contributed by atoms with Crippen LogP contribution in [-0.2, 0) is 6.42 Å². The molecule has 0 heterocycles. The minimum absolute atomic E-state index is 0.326. The Morgan fingerprint density at radius 2 is 1.40 bits per heavy atom. The van der Waals surface area contributed by atoms with E-state index >= 15 is 0 Å². The summed E-state index contributed by atoms with van der Waals surface area (Å²) < 4.78 is 0. The molecule has 2 rings (SSSR count). The molecular formula is C18H22O2. The van der Waals surface area contributed by atoms with Crippen LogP contribution in [0.15, 0.2) is 18.2 Å². The molecular weight excluding hydrogens is 248 g/mol. The highest BCUT2D eigenvalue weighted by atomic mass is 16.3. The Kier molecular flexibility index (Phi) is 3.76. The van der Waals surface area contributed by atoms with Crippen LogP contribution in [0.5, 0.6) is 11.5 Å². The SMILES string of the molecule is Cc1cc(Cc2c(C)c(C)cc(C)c2O)c(C)cc1O. The number of aryl methyl sites for hydroxylation is 4. The van der Waals surface area contributed by atoms with Crippen molar-refractivity contribution >= 4 is 0 Å². The van der Waals surface area contributed by atoms with Crippen LogP contribution in [0.25, 0.3) is 0 Å². The largest absolute Gasteiger partial charge is 0.508 e. The van der Waals surface area contributed by atoms with Gasteiger partial charge in [0.05, 0.1) is 0 Å². The van der Waals surface area contributed by atoms with Gasteiger partial charge in [0.1, 0.15) is 11.5 Å². The van der Waals surface area contributed by atoms with Gasteiger partial charge >= 0.3 is 0 Å². The van der Waals surface area contributed by atoms with Crippen molar-refractivity contribution in [3.8, 4) is 11.5 Å². The molecule has 2 N–H and O–H groups in total. The second kappa shape index (κ2) is 5.20. The average molecular weight is 270 g/mol. The van der Waals surface area contributed by atoms with Crippen LogP contribution in [0.3, 0.4) is 0 Å². The van der Waals surface area contributed by atoms with Gasteiger partial charge in [-0.3, -0.25) is 0 Å². The van der Waals surface area contributed by atoms with Crippen LogP contribution in [0, 0.1) is 34.6 Å². The van der Waals surface area contributed by atoms with Gasteiger partial charge in [-0.2, -0.15) is 0 Å². The molecule has 0 aliphatic heterocycles. The Morgan fingerprint density at radius 1 is 0.750 bits per heavy atom. The summed E-state index contributed by atoms with van der Waals surface area (Å²) in [5.74, 6) is 0.714. The van der Waals surface area contributed by atoms with Crippen molar-refractivity contribution in [1.82, 2.24) is 0 Å². The molecule has 2 nitrogen and oxygen atoms in total. The molecule has 2 heteroatoms. The van der Waals surface area contributed by atoms with Crippen LogP contribution < -0.4 is 0 Å². The van der Waals surface area contributed by atoms with E-state index in [0.29, 0.717) is 17.9 Å². The molecule has 0 spiro atoms. The summed E-state index contributed by atoms with van der Waals surface area (Å²) in [6.45, 7) is 9.93. The fraction of sp³-hybridized carbons (Fsp3) is 0.333. The van der Waals surface area contributed by atoms with E-state index in [1.165, 1.54) is 5.56 Å². The van der Waals surface area contributed by atoms with Crippen molar-refractivity contribution in [2.45, 2.75) is 41.0 Å². The second-order valence-electron chi connectivity index (χ2n) is 5.70. The predicted octanol–water partition coefficient (Wildman–Crippen LogP) is 4.23. The van der Waals surface area contributed by atoms with Crippen LogP contribution in [0.4, 0.5) is 0 Å². The number of phenols is 2. The average Bonchev–Trinajstić information content (AvgIpc) is 2.38. The van der Waals surface area contributed by atoms with E-state index in [9.17, 15) is 10.2 Å². The minimum atomic E-state index is 0.326. The first kappa shape index (κ1) is 14.4. The quantitative estimate of drug-likeness (QED) is 0.857. The maximum Gasteiger partial charge on any atom is 0.122 e. The zero-order chi connectivity index (χ0) is 15.0. The Bertz CT molecular complexity index is 644. The topological polar surface area (TPSA) is 40.5 Å². The van der Waals surface area contributed by atoms with E-state index in [1.54, 1.807) is 6.07 Å². The molecule has 0 aromatic heterocycles. The highest BCUT2D eigenvalue weighted by Crippen LogP contribution is 2.32. The maximum atomic E-state index is 10.3. The van der Waals surface area contributed by atoms with Gasteiger partial charge < -0.3 is 10.2 Å². The minimum Gasteiger partial charge on any atom is -0.508 e. The lowest BCUT2D eigenvalue weighted by atomic mass is 9.91. The molecule has 0 unspecified atom stereocenters. The first-order valence-electron chi connectivity index (χ1n) is 6.89. The van der Waals surface area contributed by atoms with Crippen LogP contribution >= 0.6 is 0 Å². The van der Waals surface area contributed by atoms with Gasteiger partial charge in [-0.1, -0.05) is 12.1 Å². The van der Waals surface area contributed by atoms with E-state index in [0.717, 1.165) is 33.4 Å². The summed E-state index contributed by atoms with van der Waals surface area (Å²) in [6.07, 6.45) is 0.688. The molecule has 0 saturated heterocycles. The van der Waals surface area contributed by atoms with E-state index in [-0.39, 0.29) is 0 Å². The van der Waals surface area contributed by atoms with Crippen molar-refractivity contribution in [1.29, 1.82) is 0 Å². The molecule has 2 aromatic carbocycles. The van der Waals surface area contributed by atoms with Gasteiger partial charge in [0.25, 0.3) is 0 Å². The van der Waals surface area contributed by atoms with E-state index in [1.807, 2.05) is 39.8 Å². The zero-order valence-corrected chi connectivity index (χ0v) is 12.8. The zero-order valence-electron chi connectivity index (χ0n) is 12.8. The molecule has 0 radical (unpaired) electrons. The first-order valence-corrected chi connectivity index (χ1v) is 6.89. The molecule has 0 aliphatic carbocycles. The summed E-state index contributed by atoms with van der Waals surface area (Å²) >= 11 is 0. The number of rotatable bonds is 2. The van der Waals surface area contributed by atoms with Crippen molar-refractivity contribution < 1.29 is 10.2 Å². The Labute approximate surface area is 120 Å². The maximum absolute atomic E-state index is 10.3. The van der Waals surface area contributed by atoms with Crippen LogP contribution in [-0.4, -0.2) is 10.2 Å². The van der Waals surface area contributed by atoms with E-state index in [4.69, 9.17) is 0 Å². The summed E-state index contributed by atoms with van der Waals surface area (Å²) in [5, 5.41) is 20.1. The van der Waals surface area contributed by atoms with Crippen molar-refractivity contribution in [3.63, 3.8) is 0 Å². The standard InChI is InChI=1S/C18H22O2/c1-10-6-13(4)18(20)16(14(10)5)9-15-7-12(3)17(19)8-11(15)2/h6-8,19-20H,9H2,1-5H3. The van der Waals surface area contributed by atoms with Gasteiger partial charge in [-0.25, -0.2) is 0 Å². The lowest BCUT2D eigenvalue weighted by Gasteiger charge is -2.16. The lowest BCUT2D eigenvalue weighted by Crippen LogP contribution is -1.99. The van der Waals surface area contributed by atoms with Gasteiger partial charge in [-0.05, 0) is 74.1 Å². The normalized spacial score (nSPS) is 10.8. The third-order valence-corrected chi connectivity index (χ3v) is 4.16. The molecule has 0 bridgehead atoms. The lowest BCUT2D eigenvalue weighted by molar-refractivity contribution is 0.464. The number of hydrogen-bond donors (Lipinski definition) is 2. The number of aromatic hydroxyl groups is 2. The molecule has 2 aromatic rings. The summed E-state index contributed by atoms with van der Waals surface area (Å²) in [7, 11) is 0. The molecule has 0 amide bonds. The summed E-state index contributed by atoms with van der Waals surface area (Å²) in [4.78, 5) is 0. The van der Waals surface area contributed by atoms with Crippen LogP contribution in [0.1, 0.15) is 38.9 Å². The van der Waals surface area contributed by atoms with Gasteiger partial charge in [0.15, 0.2) is 0 Å². The molecule has 20 heavy (non-hydrogen) atoms. The number of benzene rings is 2. The van der Waals surface area contributed by atoms with Crippen molar-refractivity contribution in [2.24, 2.45) is 0 Å². The van der Waals surface area contributed by atoms with E-state index in [2.05, 4.69) is 6.92 Å². The summed E-state index contributed by atoms with van der Waals surface area (Å²) in [6, 6.07) is 5.81. The van der Waals surface area contributed by atoms with Crippen LogP contribution in [0.2, 0.25) is 0 Å². The molecule has 0 fully saturated rings. The second-order valence-corrected chi connectivity index (χ2v) is 5.70. The Morgan fingerprint density at radius 3 is 2.05 bits per heavy atom. The van der Waals surface area contributed by atoms with E-state index < -0.39 is 0 Å². The predicted molar refractivity (Wildman–Crippen MR) is 82.7 cm³/mol. The third kappa shape index (κ3) is 2.51. The summed E-state index contributed by atoms with van der Waals surface area (Å²) in [5.41, 5.74) is 7.29. The first-order chi connectivity index (χ1) is 9.31. The molecule has 106 valence electrons. The van der Waals surface area contributed by atoms with Gasteiger partial charge in [0.2, 0.25) is 0 Å². The Balaban J connectivity index is 2.53. The molecule has 0 saturated carbocycles. The molecule has 0 atom stereocenters. The van der Waals surface area contributed by atoms with Gasteiger partial charge in [0, 0.05) is 12.0 Å². The van der Waals surface area contributed by atoms with Gasteiger partial charge in [-0.15, -0.1) is 0 Å². The number of phenolic OH excluding ortho intramolecular Hbond substituents is 2. The Hall–Kier alpha value is -1.96. The number of hydrogen-bond acceptors (Lipinski definition) is 2. The monoisotopic (exact) mass is 270 g/mol. The highest BCUT2D eigenvalue weighted by Gasteiger charge is 2.13. The van der Waals surface area contributed by atoms with Crippen molar-refractivity contribution in [3.05, 3.63) is 57.1 Å². The fourth-order valence-electron chi connectivity index (χ4n) is 2.61. The highest BCUT2D eigenvalue weighted by molar-refractivity contribution is 5.52. The fourth-order valence-corrected chi connectivity index (χ4v) is 2.61. The van der Waals surface area contributed by atoms with Crippen molar-refractivity contribution in [2.75, 3.05) is 0 Å². The third-order valence-electron chi connectivity index (χ3n) is 4.16. The smallest absolute Gasteiger partial charge is 0.122 e. The molecule has 0 aliphatic rings.